The van der Waals surface area contributed by atoms with Crippen LogP contribution in [0, 0.1) is 0 Å². The molecule has 0 bridgehead atoms. The van der Waals surface area contributed by atoms with Crippen molar-refractivity contribution in [3.8, 4) is 0 Å². The smallest absolute Gasteiger partial charge is 0.269 e. The molecule has 1 saturated heterocycles. The average molecular weight is 346 g/mol. The molecule has 0 aromatic carbocycles. The maximum Gasteiger partial charge on any atom is 0.269 e. The van der Waals surface area contributed by atoms with Crippen molar-refractivity contribution >= 4 is 29.0 Å². The third-order valence-corrected chi connectivity index (χ3v) is 4.22. The van der Waals surface area contributed by atoms with Crippen LogP contribution in [-0.4, -0.2) is 48.6 Å². The van der Waals surface area contributed by atoms with Gasteiger partial charge >= 0.3 is 0 Å². The second-order valence-electron chi connectivity index (χ2n) is 5.57. The lowest BCUT2D eigenvalue weighted by Crippen LogP contribution is -2.46. The van der Waals surface area contributed by atoms with Gasteiger partial charge in [0.1, 0.15) is 11.5 Å². The summed E-state index contributed by atoms with van der Waals surface area (Å²) in [5, 5.41) is 3.42. The Labute approximate surface area is 146 Å². The fourth-order valence-corrected chi connectivity index (χ4v) is 2.85. The minimum absolute atomic E-state index is 0.136. The number of amides is 1. The topological polar surface area (TPSA) is 61.4 Å². The summed E-state index contributed by atoms with van der Waals surface area (Å²) in [6, 6.07) is 7.59. The highest BCUT2D eigenvalue weighted by Crippen LogP contribution is 2.20. The molecule has 0 saturated carbocycles. The Bertz CT molecular complexity index is 698. The second kappa shape index (κ2) is 7.49. The summed E-state index contributed by atoms with van der Waals surface area (Å²) in [4.78, 5) is 24.9. The number of hydrogen-bond donors (Lipinski definition) is 1. The number of halogens is 1. The first-order chi connectivity index (χ1) is 11.7. The van der Waals surface area contributed by atoms with Crippen LogP contribution in [0.15, 0.2) is 36.7 Å². The van der Waals surface area contributed by atoms with Crippen LogP contribution in [0.4, 0.5) is 11.5 Å². The largest absolute Gasteiger partial charge is 0.368 e. The van der Waals surface area contributed by atoms with E-state index in [9.17, 15) is 4.79 Å². The number of hydrogen-bond acceptors (Lipinski definition) is 5. The molecule has 3 rings (SSSR count). The van der Waals surface area contributed by atoms with E-state index in [1.807, 2.05) is 31.2 Å². The number of pyridine rings is 2. The molecule has 1 aliphatic heterocycles. The molecule has 1 N–H and O–H groups in total. The van der Waals surface area contributed by atoms with Crippen molar-refractivity contribution in [3.63, 3.8) is 0 Å². The summed E-state index contributed by atoms with van der Waals surface area (Å²) in [7, 11) is 0. The first-order valence-electron chi connectivity index (χ1n) is 8.03. The molecule has 1 amide bonds. The van der Waals surface area contributed by atoms with Gasteiger partial charge in [0.05, 0.1) is 5.02 Å². The molecular formula is C17H20ClN5O. The predicted molar refractivity (Wildman–Crippen MR) is 95.9 cm³/mol. The highest BCUT2D eigenvalue weighted by molar-refractivity contribution is 6.30. The standard InChI is InChI=1S/C17H20ClN5O/c1-2-19-17(24)15-11-14(5-6-20-15)22-7-9-23(10-8-22)16-4-3-13(18)12-21-16/h3-6,11-12H,2,7-10H2,1H3,(H,19,24). The van der Waals surface area contributed by atoms with Gasteiger partial charge in [-0.05, 0) is 31.2 Å². The van der Waals surface area contributed by atoms with Gasteiger partial charge in [0.2, 0.25) is 0 Å². The summed E-state index contributed by atoms with van der Waals surface area (Å²) in [5.74, 6) is 0.806. The van der Waals surface area contributed by atoms with Crippen LogP contribution in [-0.2, 0) is 0 Å². The Balaban J connectivity index is 1.65. The molecule has 0 aliphatic carbocycles. The Kier molecular flexibility index (Phi) is 5.15. The van der Waals surface area contributed by atoms with E-state index in [1.54, 1.807) is 12.4 Å². The summed E-state index contributed by atoms with van der Waals surface area (Å²) in [6.45, 7) is 5.95. The fraction of sp³-hybridized carbons (Fsp3) is 0.353. The predicted octanol–water partition coefficient (Wildman–Crippen LogP) is 2.21. The normalized spacial score (nSPS) is 14.6. The maximum atomic E-state index is 11.9. The average Bonchev–Trinajstić information content (AvgIpc) is 2.63. The van der Waals surface area contributed by atoms with Crippen LogP contribution in [0.25, 0.3) is 0 Å². The van der Waals surface area contributed by atoms with Gasteiger partial charge in [-0.2, -0.15) is 0 Å². The minimum atomic E-state index is -0.136. The van der Waals surface area contributed by atoms with E-state index in [2.05, 4.69) is 25.1 Å². The van der Waals surface area contributed by atoms with Crippen molar-refractivity contribution in [2.45, 2.75) is 6.92 Å². The third-order valence-electron chi connectivity index (χ3n) is 3.99. The lowest BCUT2D eigenvalue weighted by molar-refractivity contribution is 0.0951. The zero-order valence-electron chi connectivity index (χ0n) is 13.6. The molecule has 7 heteroatoms. The number of carbonyl (C=O) groups excluding carboxylic acids is 1. The van der Waals surface area contributed by atoms with Crippen molar-refractivity contribution < 1.29 is 4.79 Å². The molecule has 24 heavy (non-hydrogen) atoms. The van der Waals surface area contributed by atoms with Crippen molar-refractivity contribution in [3.05, 3.63) is 47.4 Å². The highest BCUT2D eigenvalue weighted by Gasteiger charge is 2.19. The zero-order valence-corrected chi connectivity index (χ0v) is 14.3. The van der Waals surface area contributed by atoms with E-state index >= 15 is 0 Å². The number of nitrogens with one attached hydrogen (secondary N) is 1. The number of aromatic nitrogens is 2. The van der Waals surface area contributed by atoms with Crippen LogP contribution in [0.5, 0.6) is 0 Å². The third kappa shape index (κ3) is 3.76. The van der Waals surface area contributed by atoms with Gasteiger partial charge in [-0.25, -0.2) is 4.98 Å². The van der Waals surface area contributed by atoms with Gasteiger partial charge in [-0.3, -0.25) is 9.78 Å². The summed E-state index contributed by atoms with van der Waals surface area (Å²) < 4.78 is 0. The fourth-order valence-electron chi connectivity index (χ4n) is 2.74. The molecule has 0 radical (unpaired) electrons. The number of carbonyl (C=O) groups is 1. The van der Waals surface area contributed by atoms with Crippen LogP contribution in [0.1, 0.15) is 17.4 Å². The van der Waals surface area contributed by atoms with Crippen molar-refractivity contribution in [1.29, 1.82) is 0 Å². The SMILES string of the molecule is CCNC(=O)c1cc(N2CCN(c3ccc(Cl)cn3)CC2)ccn1. The summed E-state index contributed by atoms with van der Waals surface area (Å²) in [5.41, 5.74) is 1.48. The zero-order chi connectivity index (χ0) is 16.9. The highest BCUT2D eigenvalue weighted by atomic mass is 35.5. The van der Waals surface area contributed by atoms with Crippen molar-refractivity contribution in [2.75, 3.05) is 42.5 Å². The monoisotopic (exact) mass is 345 g/mol. The molecule has 2 aromatic rings. The van der Waals surface area contributed by atoms with E-state index in [0.717, 1.165) is 37.7 Å². The lowest BCUT2D eigenvalue weighted by atomic mass is 10.2. The summed E-state index contributed by atoms with van der Waals surface area (Å²) in [6.07, 6.45) is 3.36. The van der Waals surface area contributed by atoms with E-state index < -0.39 is 0 Å². The van der Waals surface area contributed by atoms with Crippen LogP contribution < -0.4 is 15.1 Å². The summed E-state index contributed by atoms with van der Waals surface area (Å²) >= 11 is 5.89. The minimum Gasteiger partial charge on any atom is -0.368 e. The molecule has 6 nitrogen and oxygen atoms in total. The maximum absolute atomic E-state index is 11.9. The van der Waals surface area contributed by atoms with Crippen LogP contribution in [0.3, 0.4) is 0 Å². The van der Waals surface area contributed by atoms with Crippen LogP contribution in [0.2, 0.25) is 5.02 Å². The van der Waals surface area contributed by atoms with E-state index in [1.165, 1.54) is 0 Å². The Morgan fingerprint density at radius 1 is 1.17 bits per heavy atom. The Morgan fingerprint density at radius 2 is 1.92 bits per heavy atom. The first-order valence-corrected chi connectivity index (χ1v) is 8.41. The molecule has 0 unspecified atom stereocenters. The molecule has 0 spiro atoms. The van der Waals surface area contributed by atoms with Gasteiger partial charge in [0.15, 0.2) is 0 Å². The van der Waals surface area contributed by atoms with Crippen molar-refractivity contribution in [2.24, 2.45) is 0 Å². The number of rotatable bonds is 4. The van der Waals surface area contributed by atoms with E-state index in [4.69, 9.17) is 11.6 Å². The molecular weight excluding hydrogens is 326 g/mol. The van der Waals surface area contributed by atoms with Gasteiger partial charge in [0.25, 0.3) is 5.91 Å². The van der Waals surface area contributed by atoms with Gasteiger partial charge < -0.3 is 15.1 Å². The molecule has 2 aromatic heterocycles. The molecule has 126 valence electrons. The van der Waals surface area contributed by atoms with E-state index in [0.29, 0.717) is 17.3 Å². The van der Waals surface area contributed by atoms with E-state index in [-0.39, 0.29) is 5.91 Å². The number of nitrogens with zero attached hydrogens (tertiary/aromatic N) is 4. The van der Waals surface area contributed by atoms with Gasteiger partial charge in [-0.1, -0.05) is 11.6 Å². The molecule has 3 heterocycles. The second-order valence-corrected chi connectivity index (χ2v) is 6.00. The molecule has 1 fully saturated rings. The van der Waals surface area contributed by atoms with Gasteiger partial charge in [-0.15, -0.1) is 0 Å². The Hall–Kier alpha value is -2.34. The lowest BCUT2D eigenvalue weighted by Gasteiger charge is -2.36. The van der Waals surface area contributed by atoms with Gasteiger partial charge in [0, 0.05) is 50.8 Å². The van der Waals surface area contributed by atoms with Crippen LogP contribution >= 0.6 is 11.6 Å². The number of piperazine rings is 1. The Morgan fingerprint density at radius 3 is 2.58 bits per heavy atom. The quantitative estimate of drug-likeness (QED) is 0.920. The first kappa shape index (κ1) is 16.5. The van der Waals surface area contributed by atoms with Crippen molar-refractivity contribution in [1.82, 2.24) is 15.3 Å². The molecule has 0 atom stereocenters. The number of anilines is 2. The molecule has 1 aliphatic rings.